The van der Waals surface area contributed by atoms with Crippen molar-refractivity contribution in [3.8, 4) is 0 Å². The minimum atomic E-state index is -0.324. The van der Waals surface area contributed by atoms with Crippen molar-refractivity contribution in [3.05, 3.63) is 57.8 Å². The Hall–Kier alpha value is -2.21. The number of carbonyl (C=O) groups is 2. The van der Waals surface area contributed by atoms with E-state index in [1.165, 1.54) is 19.1 Å². The van der Waals surface area contributed by atoms with Gasteiger partial charge in [-0.3, -0.25) is 9.59 Å². The van der Waals surface area contributed by atoms with Gasteiger partial charge in [0, 0.05) is 17.9 Å². The fourth-order valence-corrected chi connectivity index (χ4v) is 3.42. The molecule has 0 aliphatic carbocycles. The molecule has 0 saturated carbocycles. The summed E-state index contributed by atoms with van der Waals surface area (Å²) in [5.74, 6) is -0.585. The Morgan fingerprint density at radius 2 is 1.96 bits per heavy atom. The Morgan fingerprint density at radius 1 is 1.25 bits per heavy atom. The normalized spacial score (nSPS) is 12.9. The second-order valence-corrected chi connectivity index (χ2v) is 6.66. The Labute approximate surface area is 147 Å². The van der Waals surface area contributed by atoms with Crippen LogP contribution in [0.1, 0.15) is 18.1 Å². The molecule has 2 aromatic carbocycles. The van der Waals surface area contributed by atoms with Crippen molar-refractivity contribution in [3.63, 3.8) is 0 Å². The molecule has 1 aliphatic heterocycles. The van der Waals surface area contributed by atoms with Gasteiger partial charge < -0.3 is 10.2 Å². The molecule has 1 aliphatic rings. The molecule has 2 amide bonds. The highest BCUT2D eigenvalue weighted by atomic mass is 79.9. The van der Waals surface area contributed by atoms with Crippen LogP contribution in [0.3, 0.4) is 0 Å². The fraction of sp³-hybridized carbons (Fsp3) is 0.222. The lowest BCUT2D eigenvalue weighted by molar-refractivity contribution is -0.118. The lowest BCUT2D eigenvalue weighted by Gasteiger charge is -2.21. The first-order valence-corrected chi connectivity index (χ1v) is 8.38. The maximum Gasteiger partial charge on any atom is 0.231 e. The van der Waals surface area contributed by atoms with Gasteiger partial charge in [0.1, 0.15) is 5.82 Å². The van der Waals surface area contributed by atoms with Gasteiger partial charge in [0.15, 0.2) is 0 Å². The van der Waals surface area contributed by atoms with Gasteiger partial charge in [0.2, 0.25) is 11.8 Å². The van der Waals surface area contributed by atoms with Crippen LogP contribution >= 0.6 is 15.9 Å². The second kappa shape index (κ2) is 6.73. The van der Waals surface area contributed by atoms with Gasteiger partial charge in [0.05, 0.1) is 17.8 Å². The molecule has 0 aromatic heterocycles. The number of halogens is 2. The van der Waals surface area contributed by atoms with Crippen molar-refractivity contribution in [2.75, 3.05) is 16.8 Å². The first-order valence-electron chi connectivity index (χ1n) is 7.59. The largest absolute Gasteiger partial charge is 0.324 e. The third-order valence-corrected chi connectivity index (χ3v) is 4.37. The number of amides is 2. The van der Waals surface area contributed by atoms with Gasteiger partial charge in [-0.15, -0.1) is 0 Å². The van der Waals surface area contributed by atoms with E-state index in [0.717, 1.165) is 27.7 Å². The lowest BCUT2D eigenvalue weighted by atomic mass is 10.1. The summed E-state index contributed by atoms with van der Waals surface area (Å²) in [6, 6.07) is 9.68. The van der Waals surface area contributed by atoms with Crippen LogP contribution in [-0.2, 0) is 22.4 Å². The molecule has 124 valence electrons. The molecule has 0 saturated heterocycles. The summed E-state index contributed by atoms with van der Waals surface area (Å²) >= 11 is 3.43. The van der Waals surface area contributed by atoms with E-state index in [4.69, 9.17) is 0 Å². The summed E-state index contributed by atoms with van der Waals surface area (Å²) in [6.07, 6.45) is 0.922. The summed E-state index contributed by atoms with van der Waals surface area (Å²) in [5, 5.41) is 2.79. The Kier molecular flexibility index (Phi) is 4.66. The first kappa shape index (κ1) is 16.6. The van der Waals surface area contributed by atoms with E-state index in [9.17, 15) is 14.0 Å². The average Bonchev–Trinajstić information content (AvgIpc) is 2.93. The quantitative estimate of drug-likeness (QED) is 0.868. The van der Waals surface area contributed by atoms with Crippen molar-refractivity contribution in [2.24, 2.45) is 0 Å². The van der Waals surface area contributed by atoms with E-state index in [1.54, 1.807) is 23.1 Å². The molecule has 0 radical (unpaired) electrons. The van der Waals surface area contributed by atoms with Crippen molar-refractivity contribution in [2.45, 2.75) is 19.8 Å². The van der Waals surface area contributed by atoms with Crippen LogP contribution in [0.5, 0.6) is 0 Å². The van der Waals surface area contributed by atoms with Gasteiger partial charge in [-0.2, -0.15) is 0 Å². The molecule has 4 nitrogen and oxygen atoms in total. The summed E-state index contributed by atoms with van der Waals surface area (Å²) in [6.45, 7) is 2.01. The van der Waals surface area contributed by atoms with E-state index in [1.807, 2.05) is 6.07 Å². The summed E-state index contributed by atoms with van der Waals surface area (Å²) < 4.78 is 13.9. The van der Waals surface area contributed by atoms with E-state index in [0.29, 0.717) is 12.2 Å². The van der Waals surface area contributed by atoms with Crippen LogP contribution in [0.25, 0.3) is 0 Å². The highest BCUT2D eigenvalue weighted by Crippen LogP contribution is 2.38. The maximum absolute atomic E-state index is 13.0. The smallest absolute Gasteiger partial charge is 0.231 e. The first-order chi connectivity index (χ1) is 11.4. The van der Waals surface area contributed by atoms with Crippen molar-refractivity contribution in [1.82, 2.24) is 0 Å². The number of rotatable bonds is 3. The number of nitrogens with one attached hydrogen (secondary N) is 1. The lowest BCUT2D eigenvalue weighted by Crippen LogP contribution is -2.31. The number of anilines is 2. The number of fused-ring (bicyclic) bond motifs is 1. The van der Waals surface area contributed by atoms with Gasteiger partial charge >= 0.3 is 0 Å². The van der Waals surface area contributed by atoms with Crippen molar-refractivity contribution >= 4 is 39.1 Å². The number of hydrogen-bond donors (Lipinski definition) is 1. The molecule has 24 heavy (non-hydrogen) atoms. The van der Waals surface area contributed by atoms with Gasteiger partial charge in [-0.1, -0.05) is 28.1 Å². The van der Waals surface area contributed by atoms with Gasteiger partial charge in [-0.05, 0) is 41.8 Å². The number of carbonyl (C=O) groups excluding carboxylic acids is 2. The molecule has 3 rings (SSSR count). The Balaban J connectivity index is 1.88. The topological polar surface area (TPSA) is 49.4 Å². The van der Waals surface area contributed by atoms with Crippen LogP contribution in [0.2, 0.25) is 0 Å². The second-order valence-electron chi connectivity index (χ2n) is 5.74. The SMILES string of the molecule is CC(=O)Nc1cc(Br)cc2c1N(C(=O)Cc1ccc(F)cc1)CC2. The number of hydrogen-bond acceptors (Lipinski definition) is 2. The molecule has 0 bridgehead atoms. The Morgan fingerprint density at radius 3 is 2.62 bits per heavy atom. The maximum atomic E-state index is 13.0. The third-order valence-electron chi connectivity index (χ3n) is 3.91. The summed E-state index contributed by atoms with van der Waals surface area (Å²) in [4.78, 5) is 25.8. The molecule has 0 unspecified atom stereocenters. The molecule has 0 atom stereocenters. The molecule has 1 heterocycles. The standard InChI is InChI=1S/C18H16BrFN2O2/c1-11(23)21-16-10-14(19)9-13-6-7-22(18(13)16)17(24)8-12-2-4-15(20)5-3-12/h2-5,9-10H,6-8H2,1H3,(H,21,23). The van der Waals surface area contributed by atoms with Crippen LogP contribution in [0, 0.1) is 5.82 Å². The van der Waals surface area contributed by atoms with Gasteiger partial charge in [-0.25, -0.2) is 4.39 Å². The molecular formula is C18H16BrFN2O2. The highest BCUT2D eigenvalue weighted by Gasteiger charge is 2.28. The minimum Gasteiger partial charge on any atom is -0.324 e. The van der Waals surface area contributed by atoms with E-state index in [-0.39, 0.29) is 24.1 Å². The molecule has 2 aromatic rings. The van der Waals surface area contributed by atoms with Crippen molar-refractivity contribution in [1.29, 1.82) is 0 Å². The van der Waals surface area contributed by atoms with E-state index in [2.05, 4.69) is 21.2 Å². The number of benzene rings is 2. The summed E-state index contributed by atoms with van der Waals surface area (Å²) in [5.41, 5.74) is 3.14. The molecule has 6 heteroatoms. The van der Waals surface area contributed by atoms with Crippen LogP contribution in [0.4, 0.5) is 15.8 Å². The number of nitrogens with zero attached hydrogens (tertiary/aromatic N) is 1. The minimum absolute atomic E-state index is 0.0747. The zero-order valence-electron chi connectivity index (χ0n) is 13.1. The van der Waals surface area contributed by atoms with Gasteiger partial charge in [0.25, 0.3) is 0 Å². The van der Waals surface area contributed by atoms with Crippen molar-refractivity contribution < 1.29 is 14.0 Å². The molecular weight excluding hydrogens is 375 g/mol. The van der Waals surface area contributed by atoms with Crippen LogP contribution in [0.15, 0.2) is 40.9 Å². The predicted octanol–water partition coefficient (Wildman–Crippen LogP) is 3.68. The van der Waals surface area contributed by atoms with E-state index < -0.39 is 0 Å². The molecule has 0 fully saturated rings. The fourth-order valence-electron chi connectivity index (χ4n) is 2.92. The van der Waals surface area contributed by atoms with E-state index >= 15 is 0 Å². The molecule has 0 spiro atoms. The Bertz CT molecular complexity index is 805. The van der Waals surface area contributed by atoms with Crippen LogP contribution in [-0.4, -0.2) is 18.4 Å². The predicted molar refractivity (Wildman–Crippen MR) is 94.6 cm³/mol. The zero-order valence-corrected chi connectivity index (χ0v) is 14.7. The summed E-state index contributed by atoms with van der Waals surface area (Å²) in [7, 11) is 0. The van der Waals surface area contributed by atoms with Crippen LogP contribution < -0.4 is 10.2 Å². The monoisotopic (exact) mass is 390 g/mol. The molecule has 1 N–H and O–H groups in total. The zero-order chi connectivity index (χ0) is 17.3. The average molecular weight is 391 g/mol. The third kappa shape index (κ3) is 3.48. The highest BCUT2D eigenvalue weighted by molar-refractivity contribution is 9.10.